The fourth-order valence-electron chi connectivity index (χ4n) is 2.00. The van der Waals surface area contributed by atoms with E-state index in [9.17, 15) is 9.59 Å². The summed E-state index contributed by atoms with van der Waals surface area (Å²) >= 11 is 1.38. The van der Waals surface area contributed by atoms with E-state index in [0.717, 1.165) is 10.6 Å². The van der Waals surface area contributed by atoms with E-state index in [0.29, 0.717) is 16.9 Å². The lowest BCUT2D eigenvalue weighted by atomic mass is 10.2. The average molecular weight is 339 g/mol. The van der Waals surface area contributed by atoms with Gasteiger partial charge in [0.15, 0.2) is 0 Å². The highest BCUT2D eigenvalue weighted by Crippen LogP contribution is 2.23. The Morgan fingerprint density at radius 2 is 1.96 bits per heavy atom. The average Bonchev–Trinajstić information content (AvgIpc) is 3.13. The zero-order valence-electron chi connectivity index (χ0n) is 12.7. The van der Waals surface area contributed by atoms with Crippen LogP contribution < -0.4 is 5.32 Å². The standard InChI is InChI=1S/C17H13N3O3S/c1-23-17(22)11-4-6-13(7-5-11)19-15(21)14-10-24-16(20-14)12-3-2-8-18-9-12/h2-10H,1H3,(H,19,21). The Labute approximate surface area is 142 Å². The van der Waals surface area contributed by atoms with Gasteiger partial charge in [-0.15, -0.1) is 11.3 Å². The minimum Gasteiger partial charge on any atom is -0.465 e. The number of carbonyl (C=O) groups is 2. The number of amides is 1. The normalized spacial score (nSPS) is 10.2. The van der Waals surface area contributed by atoms with E-state index in [1.807, 2.05) is 12.1 Å². The van der Waals surface area contributed by atoms with Crippen LogP contribution in [0.15, 0.2) is 54.2 Å². The molecule has 0 aliphatic rings. The SMILES string of the molecule is COC(=O)c1ccc(NC(=O)c2csc(-c3cccnc3)n2)cc1. The summed E-state index contributed by atoms with van der Waals surface area (Å²) in [6.45, 7) is 0. The molecule has 0 unspecified atom stereocenters. The Hall–Kier alpha value is -3.06. The van der Waals surface area contributed by atoms with Crippen LogP contribution >= 0.6 is 11.3 Å². The van der Waals surface area contributed by atoms with Gasteiger partial charge in [-0.1, -0.05) is 0 Å². The fraction of sp³-hybridized carbons (Fsp3) is 0.0588. The van der Waals surface area contributed by atoms with Crippen molar-refractivity contribution in [2.24, 2.45) is 0 Å². The van der Waals surface area contributed by atoms with Crippen molar-refractivity contribution in [2.75, 3.05) is 12.4 Å². The summed E-state index contributed by atoms with van der Waals surface area (Å²) in [6, 6.07) is 10.2. The van der Waals surface area contributed by atoms with E-state index in [1.54, 1.807) is 42.0 Å². The molecule has 3 aromatic rings. The number of ether oxygens (including phenoxy) is 1. The van der Waals surface area contributed by atoms with Gasteiger partial charge in [-0.3, -0.25) is 9.78 Å². The molecule has 0 saturated carbocycles. The molecule has 7 heteroatoms. The number of benzene rings is 1. The van der Waals surface area contributed by atoms with Crippen LogP contribution in [0.4, 0.5) is 5.69 Å². The van der Waals surface area contributed by atoms with E-state index in [4.69, 9.17) is 0 Å². The minimum atomic E-state index is -0.423. The van der Waals surface area contributed by atoms with Crippen molar-refractivity contribution in [3.05, 3.63) is 65.4 Å². The summed E-state index contributed by atoms with van der Waals surface area (Å²) in [4.78, 5) is 32.0. The van der Waals surface area contributed by atoms with Gasteiger partial charge in [-0.2, -0.15) is 0 Å². The molecule has 6 nitrogen and oxygen atoms in total. The van der Waals surface area contributed by atoms with Crippen LogP contribution in [0.1, 0.15) is 20.8 Å². The number of aromatic nitrogens is 2. The molecule has 0 radical (unpaired) electrons. The van der Waals surface area contributed by atoms with Gasteiger partial charge in [-0.25, -0.2) is 9.78 Å². The Balaban J connectivity index is 1.71. The number of pyridine rings is 1. The fourth-order valence-corrected chi connectivity index (χ4v) is 2.79. The van der Waals surface area contributed by atoms with Gasteiger partial charge in [0, 0.05) is 29.0 Å². The third-order valence-electron chi connectivity index (χ3n) is 3.21. The van der Waals surface area contributed by atoms with Gasteiger partial charge in [-0.05, 0) is 36.4 Å². The smallest absolute Gasteiger partial charge is 0.337 e. The molecule has 1 amide bonds. The first-order chi connectivity index (χ1) is 11.7. The number of nitrogens with one attached hydrogen (secondary N) is 1. The molecule has 0 aliphatic carbocycles. The van der Waals surface area contributed by atoms with Gasteiger partial charge in [0.05, 0.1) is 12.7 Å². The van der Waals surface area contributed by atoms with Crippen molar-refractivity contribution in [1.29, 1.82) is 0 Å². The lowest BCUT2D eigenvalue weighted by Gasteiger charge is -2.04. The van der Waals surface area contributed by atoms with Crippen LogP contribution in [0.3, 0.4) is 0 Å². The van der Waals surface area contributed by atoms with Crippen molar-refractivity contribution in [3.63, 3.8) is 0 Å². The van der Waals surface area contributed by atoms with Crippen molar-refractivity contribution in [1.82, 2.24) is 9.97 Å². The lowest BCUT2D eigenvalue weighted by Crippen LogP contribution is -2.12. The number of anilines is 1. The molecular formula is C17H13N3O3S. The second-order valence-corrected chi connectivity index (χ2v) is 5.66. The van der Waals surface area contributed by atoms with Crippen LogP contribution in [0, 0.1) is 0 Å². The molecule has 2 aromatic heterocycles. The number of thiazole rings is 1. The van der Waals surface area contributed by atoms with Gasteiger partial charge in [0.1, 0.15) is 10.7 Å². The Bertz CT molecular complexity index is 860. The highest BCUT2D eigenvalue weighted by Gasteiger charge is 2.13. The number of methoxy groups -OCH3 is 1. The van der Waals surface area contributed by atoms with Gasteiger partial charge < -0.3 is 10.1 Å². The highest BCUT2D eigenvalue weighted by atomic mass is 32.1. The van der Waals surface area contributed by atoms with E-state index in [2.05, 4.69) is 20.0 Å². The largest absolute Gasteiger partial charge is 0.465 e. The van der Waals surface area contributed by atoms with E-state index < -0.39 is 5.97 Å². The number of esters is 1. The first-order valence-electron chi connectivity index (χ1n) is 7.03. The Morgan fingerprint density at radius 3 is 2.62 bits per heavy atom. The topological polar surface area (TPSA) is 81.2 Å². The molecule has 0 saturated heterocycles. The zero-order chi connectivity index (χ0) is 16.9. The maximum Gasteiger partial charge on any atom is 0.337 e. The van der Waals surface area contributed by atoms with Crippen LogP contribution in [0.25, 0.3) is 10.6 Å². The van der Waals surface area contributed by atoms with Crippen molar-refractivity contribution >= 4 is 28.9 Å². The molecule has 0 fully saturated rings. The van der Waals surface area contributed by atoms with Crippen molar-refractivity contribution < 1.29 is 14.3 Å². The second-order valence-electron chi connectivity index (χ2n) is 4.80. The van der Waals surface area contributed by atoms with Crippen LogP contribution in [0.5, 0.6) is 0 Å². The van der Waals surface area contributed by atoms with Gasteiger partial charge in [0.2, 0.25) is 0 Å². The summed E-state index contributed by atoms with van der Waals surface area (Å²) in [5.74, 6) is -0.735. The summed E-state index contributed by atoms with van der Waals surface area (Å²) < 4.78 is 4.63. The maximum absolute atomic E-state index is 12.3. The Kier molecular flexibility index (Phi) is 4.62. The quantitative estimate of drug-likeness (QED) is 0.738. The summed E-state index contributed by atoms with van der Waals surface area (Å²) in [5, 5.41) is 5.17. The monoisotopic (exact) mass is 339 g/mol. The lowest BCUT2D eigenvalue weighted by molar-refractivity contribution is 0.0600. The van der Waals surface area contributed by atoms with Crippen molar-refractivity contribution in [3.8, 4) is 10.6 Å². The maximum atomic E-state index is 12.3. The molecule has 0 spiro atoms. The molecule has 120 valence electrons. The van der Waals surface area contributed by atoms with Crippen molar-refractivity contribution in [2.45, 2.75) is 0 Å². The molecular weight excluding hydrogens is 326 g/mol. The molecule has 0 bridgehead atoms. The number of carbonyl (C=O) groups excluding carboxylic acids is 2. The van der Waals surface area contributed by atoms with Crippen LogP contribution in [-0.2, 0) is 4.74 Å². The molecule has 1 N–H and O–H groups in total. The first kappa shape index (κ1) is 15.8. The second kappa shape index (κ2) is 7.01. The van der Waals surface area contributed by atoms with Crippen LogP contribution in [0.2, 0.25) is 0 Å². The van der Waals surface area contributed by atoms with Gasteiger partial charge >= 0.3 is 5.97 Å². The van der Waals surface area contributed by atoms with E-state index in [1.165, 1.54) is 18.4 Å². The molecule has 2 heterocycles. The van der Waals surface area contributed by atoms with E-state index in [-0.39, 0.29) is 5.91 Å². The molecule has 24 heavy (non-hydrogen) atoms. The summed E-state index contributed by atoms with van der Waals surface area (Å²) in [7, 11) is 1.32. The number of hydrogen-bond donors (Lipinski definition) is 1. The highest BCUT2D eigenvalue weighted by molar-refractivity contribution is 7.13. The predicted octanol–water partition coefficient (Wildman–Crippen LogP) is 3.24. The number of nitrogens with zero attached hydrogens (tertiary/aromatic N) is 2. The summed E-state index contributed by atoms with van der Waals surface area (Å²) in [6.07, 6.45) is 3.38. The predicted molar refractivity (Wildman–Crippen MR) is 91.1 cm³/mol. The van der Waals surface area contributed by atoms with E-state index >= 15 is 0 Å². The molecule has 0 aliphatic heterocycles. The third kappa shape index (κ3) is 3.47. The number of hydrogen-bond acceptors (Lipinski definition) is 6. The first-order valence-corrected chi connectivity index (χ1v) is 7.91. The zero-order valence-corrected chi connectivity index (χ0v) is 13.5. The number of rotatable bonds is 4. The van der Waals surface area contributed by atoms with Gasteiger partial charge in [0.25, 0.3) is 5.91 Å². The molecule has 3 rings (SSSR count). The Morgan fingerprint density at radius 1 is 1.17 bits per heavy atom. The third-order valence-corrected chi connectivity index (χ3v) is 4.10. The van der Waals surface area contributed by atoms with Crippen LogP contribution in [-0.4, -0.2) is 29.0 Å². The summed E-state index contributed by atoms with van der Waals surface area (Å²) in [5.41, 5.74) is 2.19. The minimum absolute atomic E-state index is 0.313. The molecule has 1 aromatic carbocycles. The molecule has 0 atom stereocenters.